The van der Waals surface area contributed by atoms with Crippen LogP contribution in [0.25, 0.3) is 0 Å². The average Bonchev–Trinajstić information content (AvgIpc) is 3.33. The molecule has 0 aliphatic carbocycles. The lowest BCUT2D eigenvalue weighted by Crippen LogP contribution is -2.50. The number of nitrogens with zero attached hydrogens (tertiary/aromatic N) is 1. The van der Waals surface area contributed by atoms with Gasteiger partial charge in [-0.3, -0.25) is 14.4 Å². The van der Waals surface area contributed by atoms with Crippen molar-refractivity contribution in [1.29, 1.82) is 0 Å². The summed E-state index contributed by atoms with van der Waals surface area (Å²) in [6.45, 7) is 5.50. The molecule has 3 rings (SSSR count). The first-order chi connectivity index (χ1) is 16.2. The fourth-order valence-corrected chi connectivity index (χ4v) is 4.27. The Bertz CT molecular complexity index is 1130. The molecule has 0 saturated heterocycles. The number of thiophene rings is 1. The second-order valence-corrected chi connectivity index (χ2v) is 10.2. The van der Waals surface area contributed by atoms with E-state index in [1.54, 1.807) is 29.6 Å². The van der Waals surface area contributed by atoms with E-state index < -0.39 is 17.5 Å². The van der Waals surface area contributed by atoms with Crippen LogP contribution in [0, 0.1) is 0 Å². The fraction of sp³-hybridized carbons (Fsp3) is 0.269. The largest absolute Gasteiger partial charge is 0.349 e. The molecule has 34 heavy (non-hydrogen) atoms. The van der Waals surface area contributed by atoms with Crippen LogP contribution in [-0.2, 0) is 16.1 Å². The van der Waals surface area contributed by atoms with Crippen molar-refractivity contribution in [2.75, 3.05) is 6.54 Å². The maximum absolute atomic E-state index is 13.5. The van der Waals surface area contributed by atoms with E-state index in [-0.39, 0.29) is 24.9 Å². The van der Waals surface area contributed by atoms with E-state index in [0.29, 0.717) is 21.0 Å². The molecular weight excluding hydrogens is 470 g/mol. The Kier molecular flexibility index (Phi) is 8.47. The molecule has 3 amide bonds. The number of rotatable bonds is 8. The zero-order chi connectivity index (χ0) is 24.7. The molecule has 0 saturated carbocycles. The highest BCUT2D eigenvalue weighted by atomic mass is 35.5. The van der Waals surface area contributed by atoms with Gasteiger partial charge in [-0.2, -0.15) is 0 Å². The third-order valence-corrected chi connectivity index (χ3v) is 6.17. The number of halogens is 1. The quantitative estimate of drug-likeness (QED) is 0.468. The van der Waals surface area contributed by atoms with Crippen LogP contribution >= 0.6 is 22.9 Å². The minimum absolute atomic E-state index is 0.102. The van der Waals surface area contributed by atoms with Crippen LogP contribution in [0.3, 0.4) is 0 Å². The zero-order valence-corrected chi connectivity index (χ0v) is 21.0. The maximum Gasteiger partial charge on any atom is 0.261 e. The Labute approximate surface area is 208 Å². The molecule has 1 heterocycles. The van der Waals surface area contributed by atoms with Gasteiger partial charge in [0.15, 0.2) is 0 Å². The number of nitrogens with one attached hydrogen (secondary N) is 2. The molecule has 0 radical (unpaired) electrons. The third kappa shape index (κ3) is 6.92. The summed E-state index contributed by atoms with van der Waals surface area (Å²) >= 11 is 7.69. The van der Waals surface area contributed by atoms with Gasteiger partial charge in [0, 0.05) is 17.1 Å². The van der Waals surface area contributed by atoms with Gasteiger partial charge in [0.25, 0.3) is 5.91 Å². The number of benzene rings is 2. The van der Waals surface area contributed by atoms with Crippen molar-refractivity contribution in [3.63, 3.8) is 0 Å². The second kappa shape index (κ2) is 11.3. The Hall–Kier alpha value is -3.16. The number of hydrogen-bond donors (Lipinski definition) is 2. The summed E-state index contributed by atoms with van der Waals surface area (Å²) in [6.07, 6.45) is 0. The summed E-state index contributed by atoms with van der Waals surface area (Å²) in [6, 6.07) is 18.9. The lowest BCUT2D eigenvalue weighted by Gasteiger charge is -2.34. The highest BCUT2D eigenvalue weighted by molar-refractivity contribution is 7.12. The predicted molar refractivity (Wildman–Crippen MR) is 136 cm³/mol. The normalized spacial score (nSPS) is 12.0. The average molecular weight is 498 g/mol. The molecule has 1 aromatic heterocycles. The van der Waals surface area contributed by atoms with Crippen molar-refractivity contribution in [2.24, 2.45) is 0 Å². The molecule has 0 unspecified atom stereocenters. The molecule has 0 aliphatic rings. The summed E-state index contributed by atoms with van der Waals surface area (Å²) < 4.78 is 0. The lowest BCUT2D eigenvalue weighted by molar-refractivity contribution is -0.141. The molecule has 8 heteroatoms. The fourth-order valence-electron chi connectivity index (χ4n) is 3.43. The lowest BCUT2D eigenvalue weighted by atomic mass is 10.0. The molecule has 0 bridgehead atoms. The van der Waals surface area contributed by atoms with E-state index in [0.717, 1.165) is 0 Å². The minimum atomic E-state index is -0.914. The van der Waals surface area contributed by atoms with Gasteiger partial charge in [-0.05, 0) is 49.4 Å². The van der Waals surface area contributed by atoms with E-state index in [4.69, 9.17) is 11.6 Å². The van der Waals surface area contributed by atoms with Gasteiger partial charge in [-0.25, -0.2) is 0 Å². The molecule has 1 atom stereocenters. The van der Waals surface area contributed by atoms with Gasteiger partial charge >= 0.3 is 0 Å². The summed E-state index contributed by atoms with van der Waals surface area (Å²) in [5.74, 6) is -1.05. The highest BCUT2D eigenvalue weighted by Crippen LogP contribution is 2.27. The predicted octanol–water partition coefficient (Wildman–Crippen LogP) is 4.82. The first kappa shape index (κ1) is 25.5. The van der Waals surface area contributed by atoms with Crippen LogP contribution in [0.5, 0.6) is 0 Å². The topological polar surface area (TPSA) is 78.5 Å². The molecule has 0 fully saturated rings. The molecule has 0 spiro atoms. The summed E-state index contributed by atoms with van der Waals surface area (Å²) in [5, 5.41) is 7.95. The minimum Gasteiger partial charge on any atom is -0.349 e. The van der Waals surface area contributed by atoms with Gasteiger partial charge in [-0.1, -0.05) is 66.2 Å². The van der Waals surface area contributed by atoms with Crippen LogP contribution in [0.4, 0.5) is 0 Å². The van der Waals surface area contributed by atoms with Crippen LogP contribution in [-0.4, -0.2) is 34.7 Å². The smallest absolute Gasteiger partial charge is 0.261 e. The second-order valence-electron chi connectivity index (χ2n) is 8.83. The van der Waals surface area contributed by atoms with Crippen LogP contribution in [0.2, 0.25) is 5.02 Å². The van der Waals surface area contributed by atoms with Crippen LogP contribution < -0.4 is 10.6 Å². The van der Waals surface area contributed by atoms with E-state index in [9.17, 15) is 14.4 Å². The van der Waals surface area contributed by atoms with Crippen molar-refractivity contribution in [3.05, 3.63) is 93.1 Å². The first-order valence-electron chi connectivity index (χ1n) is 10.9. The molecule has 178 valence electrons. The van der Waals surface area contributed by atoms with Gasteiger partial charge in [0.05, 0.1) is 11.4 Å². The van der Waals surface area contributed by atoms with Crippen molar-refractivity contribution in [2.45, 2.75) is 38.9 Å². The number of carbonyl (C=O) groups is 3. The molecular formula is C26H28ClN3O3S. The van der Waals surface area contributed by atoms with E-state index in [2.05, 4.69) is 10.6 Å². The van der Waals surface area contributed by atoms with Crippen LogP contribution in [0.15, 0.2) is 72.1 Å². The van der Waals surface area contributed by atoms with Gasteiger partial charge in [-0.15, -0.1) is 11.3 Å². The third-order valence-electron chi connectivity index (χ3n) is 4.94. The van der Waals surface area contributed by atoms with Gasteiger partial charge in [0.1, 0.15) is 6.04 Å². The summed E-state index contributed by atoms with van der Waals surface area (Å²) in [4.78, 5) is 41.4. The number of carbonyl (C=O) groups excluding carboxylic acids is 3. The number of hydrogen-bond acceptors (Lipinski definition) is 4. The van der Waals surface area contributed by atoms with E-state index >= 15 is 0 Å². The Morgan fingerprint density at radius 2 is 1.65 bits per heavy atom. The SMILES string of the molecule is CC(C)(C)NC(=O)[C@H](c1ccccc1)N(Cc1ccccc1Cl)C(=O)CNC(=O)c1cccs1. The first-order valence-corrected chi connectivity index (χ1v) is 12.1. The Morgan fingerprint density at radius 1 is 0.971 bits per heavy atom. The molecule has 6 nitrogen and oxygen atoms in total. The number of amides is 3. The molecule has 3 aromatic rings. The zero-order valence-electron chi connectivity index (χ0n) is 19.4. The highest BCUT2D eigenvalue weighted by Gasteiger charge is 2.33. The van der Waals surface area contributed by atoms with Crippen LogP contribution in [0.1, 0.15) is 47.6 Å². The monoisotopic (exact) mass is 497 g/mol. The van der Waals surface area contributed by atoms with Crippen molar-refractivity contribution in [3.8, 4) is 0 Å². The van der Waals surface area contributed by atoms with Crippen molar-refractivity contribution >= 4 is 40.7 Å². The van der Waals surface area contributed by atoms with Gasteiger partial charge in [0.2, 0.25) is 11.8 Å². The Morgan fingerprint density at radius 3 is 2.26 bits per heavy atom. The standard InChI is InChI=1S/C26H28ClN3O3S/c1-26(2,3)29-25(33)23(18-10-5-4-6-11-18)30(17-19-12-7-8-13-20(19)27)22(31)16-28-24(32)21-14-9-15-34-21/h4-15,23H,16-17H2,1-3H3,(H,28,32)(H,29,33)/t23-/m0/s1. The van der Waals surface area contributed by atoms with E-state index in [1.165, 1.54) is 16.2 Å². The van der Waals surface area contributed by atoms with Crippen molar-refractivity contribution in [1.82, 2.24) is 15.5 Å². The van der Waals surface area contributed by atoms with Crippen molar-refractivity contribution < 1.29 is 14.4 Å². The summed E-state index contributed by atoms with van der Waals surface area (Å²) in [5.41, 5.74) is 0.859. The maximum atomic E-state index is 13.5. The van der Waals surface area contributed by atoms with E-state index in [1.807, 2.05) is 63.2 Å². The molecule has 2 aromatic carbocycles. The van der Waals surface area contributed by atoms with Gasteiger partial charge < -0.3 is 15.5 Å². The molecule has 2 N–H and O–H groups in total. The molecule has 0 aliphatic heterocycles. The summed E-state index contributed by atoms with van der Waals surface area (Å²) in [7, 11) is 0. The Balaban J connectivity index is 1.95.